The van der Waals surface area contributed by atoms with Gasteiger partial charge in [-0.2, -0.15) is 0 Å². The lowest BCUT2D eigenvalue weighted by molar-refractivity contribution is -0.139. The zero-order chi connectivity index (χ0) is 18.1. The minimum absolute atomic E-state index is 0.298. The summed E-state index contributed by atoms with van der Waals surface area (Å²) in [6, 6.07) is 7.22. The van der Waals surface area contributed by atoms with E-state index in [9.17, 15) is 4.79 Å². The van der Waals surface area contributed by atoms with Gasteiger partial charge in [-0.3, -0.25) is 4.79 Å². The molecule has 0 aliphatic rings. The second kappa shape index (κ2) is 9.89. The number of carbonyl (C=O) groups is 1. The Bertz CT molecular complexity index is 654. The highest BCUT2D eigenvalue weighted by Gasteiger charge is 2.15. The third-order valence-corrected chi connectivity index (χ3v) is 3.92. The van der Waals surface area contributed by atoms with Crippen LogP contribution in [0.15, 0.2) is 36.7 Å². The van der Waals surface area contributed by atoms with Crippen LogP contribution in [-0.4, -0.2) is 29.7 Å². The Morgan fingerprint density at radius 3 is 2.40 bits per heavy atom. The van der Waals surface area contributed by atoms with Crippen LogP contribution in [-0.2, 0) is 16.0 Å². The van der Waals surface area contributed by atoms with Crippen molar-refractivity contribution in [3.63, 3.8) is 0 Å². The van der Waals surface area contributed by atoms with Crippen molar-refractivity contribution in [1.82, 2.24) is 9.97 Å². The fraction of sp³-hybridized carbons (Fsp3) is 0.450. The van der Waals surface area contributed by atoms with E-state index in [0.717, 1.165) is 17.5 Å². The van der Waals surface area contributed by atoms with Gasteiger partial charge < -0.3 is 9.47 Å². The van der Waals surface area contributed by atoms with Crippen LogP contribution < -0.4 is 4.74 Å². The maximum atomic E-state index is 11.9. The largest absolute Gasteiger partial charge is 0.426 e. The SMILES string of the molecule is CCCCCc1cnc(-c2ccc(OC(=O)C(C)COC)cc2)nc1. The topological polar surface area (TPSA) is 61.3 Å². The summed E-state index contributed by atoms with van der Waals surface area (Å²) in [4.78, 5) is 20.7. The fourth-order valence-corrected chi connectivity index (χ4v) is 2.42. The number of carbonyl (C=O) groups excluding carboxylic acids is 1. The molecule has 0 bridgehead atoms. The van der Waals surface area contributed by atoms with Crippen molar-refractivity contribution >= 4 is 5.97 Å². The van der Waals surface area contributed by atoms with Gasteiger partial charge in [-0.25, -0.2) is 9.97 Å². The molecule has 0 aliphatic carbocycles. The molecule has 134 valence electrons. The third-order valence-electron chi connectivity index (χ3n) is 3.92. The predicted molar refractivity (Wildman–Crippen MR) is 97.4 cm³/mol. The van der Waals surface area contributed by atoms with Crippen LogP contribution in [0.25, 0.3) is 11.4 Å². The molecule has 1 unspecified atom stereocenters. The van der Waals surface area contributed by atoms with E-state index in [1.165, 1.54) is 19.3 Å². The first-order valence-corrected chi connectivity index (χ1v) is 8.76. The van der Waals surface area contributed by atoms with Crippen molar-refractivity contribution in [3.8, 4) is 17.1 Å². The average molecular weight is 342 g/mol. The lowest BCUT2D eigenvalue weighted by atomic mass is 10.1. The van der Waals surface area contributed by atoms with E-state index in [1.54, 1.807) is 26.2 Å². The molecule has 1 aromatic carbocycles. The highest BCUT2D eigenvalue weighted by Crippen LogP contribution is 2.20. The van der Waals surface area contributed by atoms with Crippen LogP contribution in [0.5, 0.6) is 5.75 Å². The molecule has 1 heterocycles. The Hall–Kier alpha value is -2.27. The lowest BCUT2D eigenvalue weighted by Crippen LogP contribution is -2.21. The monoisotopic (exact) mass is 342 g/mol. The minimum atomic E-state index is -0.303. The summed E-state index contributed by atoms with van der Waals surface area (Å²) >= 11 is 0. The third kappa shape index (κ3) is 5.94. The molecule has 2 rings (SSSR count). The summed E-state index contributed by atoms with van der Waals surface area (Å²) in [7, 11) is 1.56. The van der Waals surface area contributed by atoms with Crippen molar-refractivity contribution in [2.75, 3.05) is 13.7 Å². The number of unbranched alkanes of at least 4 members (excludes halogenated alkanes) is 2. The highest BCUT2D eigenvalue weighted by atomic mass is 16.5. The molecule has 2 aromatic rings. The highest BCUT2D eigenvalue weighted by molar-refractivity contribution is 5.75. The molecule has 0 N–H and O–H groups in total. The molecule has 0 spiro atoms. The summed E-state index contributed by atoms with van der Waals surface area (Å²) in [5, 5.41) is 0. The summed E-state index contributed by atoms with van der Waals surface area (Å²) in [6.07, 6.45) is 8.39. The molecule has 5 nitrogen and oxygen atoms in total. The van der Waals surface area contributed by atoms with Gasteiger partial charge in [-0.15, -0.1) is 0 Å². The Balaban J connectivity index is 1.96. The number of methoxy groups -OCH3 is 1. The molecular formula is C20H26N2O3. The minimum Gasteiger partial charge on any atom is -0.426 e. The summed E-state index contributed by atoms with van der Waals surface area (Å²) in [5.74, 6) is 0.577. The van der Waals surface area contributed by atoms with Crippen LogP contribution >= 0.6 is 0 Å². The molecule has 0 saturated carbocycles. The van der Waals surface area contributed by atoms with E-state index < -0.39 is 0 Å². The number of ether oxygens (including phenoxy) is 2. The van der Waals surface area contributed by atoms with Crippen LogP contribution in [0, 0.1) is 5.92 Å². The molecule has 0 amide bonds. The Morgan fingerprint density at radius 2 is 1.80 bits per heavy atom. The van der Waals surface area contributed by atoms with Crippen LogP contribution in [0.2, 0.25) is 0 Å². The number of nitrogens with zero attached hydrogens (tertiary/aromatic N) is 2. The van der Waals surface area contributed by atoms with Crippen molar-refractivity contribution in [1.29, 1.82) is 0 Å². The smallest absolute Gasteiger partial charge is 0.316 e. The number of esters is 1. The van der Waals surface area contributed by atoms with Gasteiger partial charge in [0.05, 0.1) is 12.5 Å². The van der Waals surface area contributed by atoms with Crippen LogP contribution in [0.4, 0.5) is 0 Å². The molecule has 0 saturated heterocycles. The maximum Gasteiger partial charge on any atom is 0.316 e. The average Bonchev–Trinajstić information content (AvgIpc) is 2.63. The Labute approximate surface area is 149 Å². The van der Waals surface area contributed by atoms with Gasteiger partial charge in [0.2, 0.25) is 0 Å². The standard InChI is InChI=1S/C20H26N2O3/c1-4-5-6-7-16-12-21-19(22-13-16)17-8-10-18(11-9-17)25-20(23)15(2)14-24-3/h8-13,15H,4-7,14H2,1-3H3. The van der Waals surface area contributed by atoms with Gasteiger partial charge in [-0.05, 0) is 49.6 Å². The summed E-state index contributed by atoms with van der Waals surface area (Å²) in [6.45, 7) is 4.31. The molecule has 1 atom stereocenters. The molecule has 0 radical (unpaired) electrons. The maximum absolute atomic E-state index is 11.9. The zero-order valence-corrected chi connectivity index (χ0v) is 15.2. The number of benzene rings is 1. The molecular weight excluding hydrogens is 316 g/mol. The number of rotatable bonds is 9. The summed E-state index contributed by atoms with van der Waals surface area (Å²) in [5.41, 5.74) is 2.06. The molecule has 5 heteroatoms. The first kappa shape index (κ1) is 19.1. The Kier molecular flexibility index (Phi) is 7.54. The van der Waals surface area contributed by atoms with Gasteiger partial charge in [-0.1, -0.05) is 19.8 Å². The lowest BCUT2D eigenvalue weighted by Gasteiger charge is -2.10. The van der Waals surface area contributed by atoms with Gasteiger partial charge in [0, 0.05) is 25.1 Å². The van der Waals surface area contributed by atoms with Gasteiger partial charge in [0.15, 0.2) is 5.82 Å². The molecule has 0 fully saturated rings. The first-order valence-electron chi connectivity index (χ1n) is 8.76. The van der Waals surface area contributed by atoms with E-state index in [-0.39, 0.29) is 11.9 Å². The Morgan fingerprint density at radius 1 is 1.12 bits per heavy atom. The second-order valence-corrected chi connectivity index (χ2v) is 6.17. The van der Waals surface area contributed by atoms with Gasteiger partial charge in [0.25, 0.3) is 0 Å². The summed E-state index contributed by atoms with van der Waals surface area (Å²) < 4.78 is 10.3. The number of hydrogen-bond donors (Lipinski definition) is 0. The van der Waals surface area contributed by atoms with Crippen molar-refractivity contribution in [2.24, 2.45) is 5.92 Å². The van der Waals surface area contributed by atoms with E-state index in [4.69, 9.17) is 9.47 Å². The van der Waals surface area contributed by atoms with E-state index in [0.29, 0.717) is 18.2 Å². The van der Waals surface area contributed by atoms with Gasteiger partial charge >= 0.3 is 5.97 Å². The van der Waals surface area contributed by atoms with E-state index in [2.05, 4.69) is 16.9 Å². The molecule has 0 aliphatic heterocycles. The zero-order valence-electron chi connectivity index (χ0n) is 15.2. The van der Waals surface area contributed by atoms with Crippen molar-refractivity contribution < 1.29 is 14.3 Å². The van der Waals surface area contributed by atoms with Crippen molar-refractivity contribution in [2.45, 2.75) is 39.5 Å². The normalized spacial score (nSPS) is 12.0. The first-order chi connectivity index (χ1) is 12.1. The predicted octanol–water partition coefficient (Wildman–Crippen LogP) is 4.06. The number of hydrogen-bond acceptors (Lipinski definition) is 5. The number of aromatic nitrogens is 2. The molecule has 25 heavy (non-hydrogen) atoms. The second-order valence-electron chi connectivity index (χ2n) is 6.17. The van der Waals surface area contributed by atoms with E-state index >= 15 is 0 Å². The fourth-order valence-electron chi connectivity index (χ4n) is 2.42. The van der Waals surface area contributed by atoms with E-state index in [1.807, 2.05) is 24.5 Å². The van der Waals surface area contributed by atoms with Crippen LogP contribution in [0.3, 0.4) is 0 Å². The molecule has 1 aromatic heterocycles. The van der Waals surface area contributed by atoms with Gasteiger partial charge in [0.1, 0.15) is 5.75 Å². The van der Waals surface area contributed by atoms with Crippen molar-refractivity contribution in [3.05, 3.63) is 42.2 Å². The van der Waals surface area contributed by atoms with Crippen LogP contribution in [0.1, 0.15) is 38.7 Å². The quantitative estimate of drug-likeness (QED) is 0.391. The number of aryl methyl sites for hydroxylation is 1.